The zero-order valence-corrected chi connectivity index (χ0v) is 9.13. The van der Waals surface area contributed by atoms with Gasteiger partial charge in [-0.25, -0.2) is 4.79 Å². The smallest absolute Gasteiger partial charge is 0.405 e. The number of hydrogen-bond acceptors (Lipinski definition) is 4. The highest BCUT2D eigenvalue weighted by Gasteiger charge is 2.20. The first-order chi connectivity index (χ1) is 8.13. The summed E-state index contributed by atoms with van der Waals surface area (Å²) in [5.74, 6) is -0.588. The summed E-state index contributed by atoms with van der Waals surface area (Å²) in [6, 6.07) is 9.21. The van der Waals surface area contributed by atoms with Crippen molar-refractivity contribution in [3.05, 3.63) is 35.9 Å². The molecule has 1 rings (SSSR count). The Morgan fingerprint density at radius 1 is 1.35 bits per heavy atom. The van der Waals surface area contributed by atoms with Gasteiger partial charge in [0, 0.05) is 6.54 Å². The molecule has 92 valence electrons. The Kier molecular flexibility index (Phi) is 4.96. The third-order valence-corrected chi connectivity index (χ3v) is 2.03. The molecule has 0 aliphatic heterocycles. The fourth-order valence-corrected chi connectivity index (χ4v) is 1.21. The van der Waals surface area contributed by atoms with Gasteiger partial charge in [0.1, 0.15) is 0 Å². The Bertz CT molecular complexity index is 380. The van der Waals surface area contributed by atoms with Crippen LogP contribution in [-0.2, 0) is 16.1 Å². The molecule has 0 spiro atoms. The number of carbonyl (C=O) groups excluding carboxylic acids is 2. The standard InChI is InChI=1S/C11H14N2O4/c12-11(16)17-9(7-14)10(15)13-6-8-4-2-1-3-5-8/h1-5,9,14H,6-7H2,(H2,12,16)(H,13,15)/t9-/m1/s1. The van der Waals surface area contributed by atoms with E-state index in [9.17, 15) is 9.59 Å². The van der Waals surface area contributed by atoms with Crippen LogP contribution in [0.4, 0.5) is 4.79 Å². The fourth-order valence-electron chi connectivity index (χ4n) is 1.21. The van der Waals surface area contributed by atoms with E-state index in [-0.39, 0.29) is 6.54 Å². The summed E-state index contributed by atoms with van der Waals surface area (Å²) >= 11 is 0. The van der Waals surface area contributed by atoms with Crippen molar-refractivity contribution in [2.75, 3.05) is 6.61 Å². The van der Waals surface area contributed by atoms with Gasteiger partial charge in [0.2, 0.25) is 6.10 Å². The van der Waals surface area contributed by atoms with E-state index in [0.717, 1.165) is 5.56 Å². The van der Waals surface area contributed by atoms with Crippen LogP contribution in [-0.4, -0.2) is 29.8 Å². The normalized spacial score (nSPS) is 11.6. The maximum absolute atomic E-state index is 11.5. The highest BCUT2D eigenvalue weighted by Crippen LogP contribution is 1.98. The van der Waals surface area contributed by atoms with E-state index in [2.05, 4.69) is 10.1 Å². The Morgan fingerprint density at radius 3 is 2.53 bits per heavy atom. The van der Waals surface area contributed by atoms with Crippen molar-refractivity contribution in [2.45, 2.75) is 12.6 Å². The van der Waals surface area contributed by atoms with Gasteiger partial charge in [-0.3, -0.25) is 4.79 Å². The molecule has 0 aromatic heterocycles. The van der Waals surface area contributed by atoms with Crippen LogP contribution in [0.2, 0.25) is 0 Å². The third kappa shape index (κ3) is 4.52. The number of carbonyl (C=O) groups is 2. The van der Waals surface area contributed by atoms with Gasteiger partial charge >= 0.3 is 6.09 Å². The van der Waals surface area contributed by atoms with Crippen LogP contribution >= 0.6 is 0 Å². The van der Waals surface area contributed by atoms with Crippen LogP contribution < -0.4 is 11.1 Å². The van der Waals surface area contributed by atoms with Gasteiger partial charge in [0.05, 0.1) is 6.61 Å². The quantitative estimate of drug-likeness (QED) is 0.658. The van der Waals surface area contributed by atoms with Crippen LogP contribution in [0.25, 0.3) is 0 Å². The van der Waals surface area contributed by atoms with Gasteiger partial charge in [-0.05, 0) is 5.56 Å². The Hall–Kier alpha value is -2.08. The molecule has 0 aliphatic carbocycles. The maximum atomic E-state index is 11.5. The molecule has 6 nitrogen and oxygen atoms in total. The van der Waals surface area contributed by atoms with Gasteiger partial charge in [-0.1, -0.05) is 30.3 Å². The minimum atomic E-state index is -1.27. The van der Waals surface area contributed by atoms with Crippen LogP contribution in [0, 0.1) is 0 Å². The number of nitrogens with two attached hydrogens (primary N) is 1. The molecule has 1 atom stereocenters. The molecule has 0 bridgehead atoms. The van der Waals surface area contributed by atoms with Gasteiger partial charge in [0.15, 0.2) is 0 Å². The number of amides is 2. The lowest BCUT2D eigenvalue weighted by atomic mass is 10.2. The van der Waals surface area contributed by atoms with E-state index in [4.69, 9.17) is 10.8 Å². The number of aliphatic hydroxyl groups is 1. The lowest BCUT2D eigenvalue weighted by molar-refractivity contribution is -0.131. The fraction of sp³-hybridized carbons (Fsp3) is 0.273. The number of aliphatic hydroxyl groups excluding tert-OH is 1. The minimum Gasteiger partial charge on any atom is -0.434 e. The summed E-state index contributed by atoms with van der Waals surface area (Å²) < 4.78 is 4.43. The Morgan fingerprint density at radius 2 is 2.00 bits per heavy atom. The van der Waals surface area contributed by atoms with Gasteiger partial charge in [-0.15, -0.1) is 0 Å². The third-order valence-electron chi connectivity index (χ3n) is 2.03. The molecule has 17 heavy (non-hydrogen) atoms. The van der Waals surface area contributed by atoms with Crippen LogP contribution in [0.15, 0.2) is 30.3 Å². The molecular weight excluding hydrogens is 224 g/mol. The predicted molar refractivity (Wildman–Crippen MR) is 59.8 cm³/mol. The number of primary amides is 1. The maximum Gasteiger partial charge on any atom is 0.405 e. The molecule has 0 fully saturated rings. The van der Waals surface area contributed by atoms with Crippen molar-refractivity contribution < 1.29 is 19.4 Å². The second kappa shape index (κ2) is 6.49. The van der Waals surface area contributed by atoms with Crippen LogP contribution in [0.5, 0.6) is 0 Å². The van der Waals surface area contributed by atoms with Crippen molar-refractivity contribution in [3.63, 3.8) is 0 Å². The summed E-state index contributed by atoms with van der Waals surface area (Å²) in [4.78, 5) is 21.9. The zero-order chi connectivity index (χ0) is 12.7. The summed E-state index contributed by atoms with van der Waals surface area (Å²) in [7, 11) is 0. The summed E-state index contributed by atoms with van der Waals surface area (Å²) in [6.07, 6.45) is -2.37. The lowest BCUT2D eigenvalue weighted by Gasteiger charge is -2.13. The molecule has 0 saturated carbocycles. The van der Waals surface area contributed by atoms with Crippen molar-refractivity contribution in [1.29, 1.82) is 0 Å². The lowest BCUT2D eigenvalue weighted by Crippen LogP contribution is -2.40. The van der Waals surface area contributed by atoms with E-state index < -0.39 is 24.7 Å². The molecule has 6 heteroatoms. The van der Waals surface area contributed by atoms with E-state index in [1.165, 1.54) is 0 Å². The first-order valence-electron chi connectivity index (χ1n) is 5.02. The first-order valence-corrected chi connectivity index (χ1v) is 5.02. The number of rotatable bonds is 5. The minimum absolute atomic E-state index is 0.290. The molecule has 0 heterocycles. The highest BCUT2D eigenvalue weighted by molar-refractivity contribution is 5.83. The molecule has 4 N–H and O–H groups in total. The summed E-state index contributed by atoms with van der Waals surface area (Å²) in [5.41, 5.74) is 5.66. The van der Waals surface area contributed by atoms with E-state index in [1.807, 2.05) is 30.3 Å². The SMILES string of the molecule is NC(=O)O[C@H](CO)C(=O)NCc1ccccc1. The number of hydrogen-bond donors (Lipinski definition) is 3. The second-order valence-electron chi connectivity index (χ2n) is 3.31. The zero-order valence-electron chi connectivity index (χ0n) is 9.13. The second-order valence-corrected chi connectivity index (χ2v) is 3.31. The molecule has 0 saturated heterocycles. The molecular formula is C11H14N2O4. The highest BCUT2D eigenvalue weighted by atomic mass is 16.6. The molecule has 1 aromatic rings. The Balaban J connectivity index is 2.45. The van der Waals surface area contributed by atoms with Gasteiger partial charge in [-0.2, -0.15) is 0 Å². The van der Waals surface area contributed by atoms with E-state index in [1.54, 1.807) is 0 Å². The van der Waals surface area contributed by atoms with Crippen molar-refractivity contribution >= 4 is 12.0 Å². The van der Waals surface area contributed by atoms with Crippen LogP contribution in [0.1, 0.15) is 5.56 Å². The van der Waals surface area contributed by atoms with E-state index >= 15 is 0 Å². The van der Waals surface area contributed by atoms with Gasteiger partial charge < -0.3 is 20.9 Å². The van der Waals surface area contributed by atoms with Crippen LogP contribution in [0.3, 0.4) is 0 Å². The van der Waals surface area contributed by atoms with Crippen molar-refractivity contribution in [2.24, 2.45) is 5.73 Å². The summed E-state index contributed by atoms with van der Waals surface area (Å²) in [5, 5.41) is 11.4. The number of ether oxygens (including phenoxy) is 1. The summed E-state index contributed by atoms with van der Waals surface area (Å²) in [6.45, 7) is -0.318. The number of nitrogens with one attached hydrogen (secondary N) is 1. The molecule has 2 amide bonds. The average molecular weight is 238 g/mol. The average Bonchev–Trinajstić information content (AvgIpc) is 2.34. The molecule has 0 radical (unpaired) electrons. The first kappa shape index (κ1) is 13.0. The van der Waals surface area contributed by atoms with E-state index in [0.29, 0.717) is 0 Å². The molecule has 0 unspecified atom stereocenters. The topological polar surface area (TPSA) is 102 Å². The molecule has 1 aromatic carbocycles. The largest absolute Gasteiger partial charge is 0.434 e. The monoisotopic (exact) mass is 238 g/mol. The van der Waals surface area contributed by atoms with Crippen molar-refractivity contribution in [3.8, 4) is 0 Å². The van der Waals surface area contributed by atoms with Gasteiger partial charge in [0.25, 0.3) is 5.91 Å². The predicted octanol–water partition coefficient (Wildman–Crippen LogP) is -0.241. The van der Waals surface area contributed by atoms with Crippen molar-refractivity contribution in [1.82, 2.24) is 5.32 Å². The number of benzene rings is 1. The Labute approximate surface area is 98.4 Å². The molecule has 0 aliphatic rings.